The number of ether oxygens (including phenoxy) is 2. The van der Waals surface area contributed by atoms with Gasteiger partial charge in [0, 0.05) is 11.8 Å². The molecule has 18 atom stereocenters. The van der Waals surface area contributed by atoms with E-state index in [1.165, 1.54) is 74.3 Å². The minimum absolute atomic E-state index is 0.187. The molecule has 0 aromatic carbocycles. The lowest BCUT2D eigenvalue weighted by Gasteiger charge is -2.61. The highest BCUT2D eigenvalue weighted by molar-refractivity contribution is 5.15. The first-order chi connectivity index (χ1) is 29.8. The Bertz CT molecular complexity index is 1680. The normalized spacial score (nSPS) is 52.7. The Kier molecular flexibility index (Phi) is 11.7. The highest BCUT2D eigenvalue weighted by atomic mass is 17.0. The summed E-state index contributed by atoms with van der Waals surface area (Å²) < 4.78 is 12.7. The third-order valence-corrected chi connectivity index (χ3v) is 22.4. The van der Waals surface area contributed by atoms with Gasteiger partial charge in [0.25, 0.3) is 10.2 Å². The van der Waals surface area contributed by atoms with Gasteiger partial charge in [0.05, 0.1) is 24.3 Å². The fourth-order valence-electron chi connectivity index (χ4n) is 19.2. The second kappa shape index (κ2) is 15.9. The van der Waals surface area contributed by atoms with Gasteiger partial charge in [-0.1, -0.05) is 27.7 Å². The van der Waals surface area contributed by atoms with Gasteiger partial charge in [0.15, 0.2) is 0 Å². The van der Waals surface area contributed by atoms with E-state index in [4.69, 9.17) is 19.1 Å². The van der Waals surface area contributed by atoms with Crippen LogP contribution in [0.3, 0.4) is 0 Å². The van der Waals surface area contributed by atoms with Crippen molar-refractivity contribution in [2.45, 2.75) is 220 Å². The molecule has 2 saturated heterocycles. The zero-order valence-electron chi connectivity index (χ0n) is 41.0. The summed E-state index contributed by atoms with van der Waals surface area (Å²) in [4.78, 5) is 31.7. The molecule has 10 unspecified atom stereocenters. The summed E-state index contributed by atoms with van der Waals surface area (Å²) in [5.41, 5.74) is -1.00. The van der Waals surface area contributed by atoms with Crippen LogP contribution in [0.4, 0.5) is 0 Å². The minimum Gasteiger partial charge on any atom is -0.356 e. The fourth-order valence-corrected chi connectivity index (χ4v) is 19.2. The van der Waals surface area contributed by atoms with Crippen LogP contribution in [0.25, 0.3) is 0 Å². The topological polar surface area (TPSA) is 170 Å². The first-order valence-corrected chi connectivity index (χ1v) is 25.7. The van der Waals surface area contributed by atoms with Gasteiger partial charge >= 0.3 is 0 Å². The van der Waals surface area contributed by atoms with Crippen LogP contribution in [-0.4, -0.2) is 78.7 Å². The van der Waals surface area contributed by atoms with Gasteiger partial charge in [-0.2, -0.15) is 10.1 Å². The molecule has 64 heavy (non-hydrogen) atoms. The Balaban J connectivity index is 0.000000162. The predicted octanol–water partition coefficient (Wildman–Crippen LogP) is 10.9. The lowest BCUT2D eigenvalue weighted by molar-refractivity contribution is -0.770. The minimum atomic E-state index is -0.612. The predicted molar refractivity (Wildman–Crippen MR) is 238 cm³/mol. The molecular formula is C50H84N4O10. The molecular weight excluding hydrogens is 817 g/mol. The van der Waals surface area contributed by atoms with Crippen molar-refractivity contribution in [3.05, 3.63) is 20.2 Å². The van der Waals surface area contributed by atoms with Crippen LogP contribution in [0.15, 0.2) is 0 Å². The maximum absolute atomic E-state index is 11.1. The Morgan fingerprint density at radius 1 is 0.484 bits per heavy atom. The molecule has 364 valence electrons. The van der Waals surface area contributed by atoms with E-state index in [1.54, 1.807) is 0 Å². The van der Waals surface area contributed by atoms with Crippen molar-refractivity contribution < 1.29 is 39.7 Å². The van der Waals surface area contributed by atoms with Crippen LogP contribution in [0.5, 0.6) is 0 Å². The maximum Gasteiger partial charge on any atom is 0.294 e. The average Bonchev–Trinajstić information content (AvgIpc) is 3.90. The van der Waals surface area contributed by atoms with Gasteiger partial charge in [-0.15, -0.1) is 20.2 Å². The van der Waals surface area contributed by atoms with Crippen LogP contribution in [0, 0.1) is 101 Å². The van der Waals surface area contributed by atoms with E-state index >= 15 is 0 Å². The lowest BCUT2D eigenvalue weighted by Crippen LogP contribution is -2.59. The molecule has 0 amide bonds. The first kappa shape index (κ1) is 47.2. The van der Waals surface area contributed by atoms with Crippen LogP contribution in [-0.2, 0) is 19.1 Å². The molecule has 10 fully saturated rings. The highest BCUT2D eigenvalue weighted by Crippen LogP contribution is 2.71. The molecule has 0 radical (unpaired) electrons. The standard InChI is InChI=1S/2C25H42N2O5/c2*1-22(2)15-31-25(5,26(22)28)21-9-8-19-18-7-6-16-14-17(32-27(29)30)10-12-23(16,3)20(18)11-13-24(19,21)4/h2*16-21,28H,6-15H2,1-5H3/t16?,17-,18?,19?,20?,21+,23+,24+,25?;16?,17-,18?,19?,20?,21-,23-,24-,25?/m10/s1. The summed E-state index contributed by atoms with van der Waals surface area (Å²) in [5, 5.41) is 45.8. The Morgan fingerprint density at radius 3 is 1.16 bits per heavy atom. The molecule has 10 rings (SSSR count). The van der Waals surface area contributed by atoms with Crippen LogP contribution in [0.1, 0.15) is 185 Å². The van der Waals surface area contributed by atoms with Crippen molar-refractivity contribution in [2.75, 3.05) is 13.2 Å². The van der Waals surface area contributed by atoms with Crippen LogP contribution in [0.2, 0.25) is 0 Å². The zero-order chi connectivity index (χ0) is 46.2. The smallest absolute Gasteiger partial charge is 0.294 e. The molecule has 8 aliphatic carbocycles. The Hall–Kier alpha value is -1.84. The molecule has 2 N–H and O–H groups in total. The molecule has 2 aliphatic heterocycles. The molecule has 10 aliphatic rings. The van der Waals surface area contributed by atoms with E-state index in [9.17, 15) is 30.6 Å². The number of fused-ring (bicyclic) bond motifs is 10. The third kappa shape index (κ3) is 7.10. The number of rotatable bonds is 6. The fraction of sp³-hybridized carbons (Fsp3) is 1.00. The first-order valence-electron chi connectivity index (χ1n) is 25.7. The molecule has 2 heterocycles. The quantitative estimate of drug-likeness (QED) is 0.191. The van der Waals surface area contributed by atoms with Gasteiger partial charge in [0.1, 0.15) is 23.7 Å². The molecule has 0 aromatic heterocycles. The van der Waals surface area contributed by atoms with Gasteiger partial charge in [-0.05, 0) is 226 Å². The van der Waals surface area contributed by atoms with E-state index in [0.29, 0.717) is 60.6 Å². The van der Waals surface area contributed by atoms with E-state index < -0.39 is 21.6 Å². The van der Waals surface area contributed by atoms with Crippen molar-refractivity contribution >= 4 is 0 Å². The summed E-state index contributed by atoms with van der Waals surface area (Å²) in [6.07, 6.45) is 19.3. The van der Waals surface area contributed by atoms with Crippen LogP contribution >= 0.6 is 0 Å². The number of hydrogen-bond acceptors (Lipinski definition) is 12. The number of nitrogens with zero attached hydrogens (tertiary/aromatic N) is 4. The maximum atomic E-state index is 11.1. The third-order valence-electron chi connectivity index (χ3n) is 22.4. The summed E-state index contributed by atoms with van der Waals surface area (Å²) >= 11 is 0. The monoisotopic (exact) mass is 901 g/mol. The van der Waals surface area contributed by atoms with Gasteiger partial charge in [-0.3, -0.25) is 0 Å². The van der Waals surface area contributed by atoms with Crippen molar-refractivity contribution in [3.63, 3.8) is 0 Å². The van der Waals surface area contributed by atoms with E-state index in [-0.39, 0.29) is 44.9 Å². The summed E-state index contributed by atoms with van der Waals surface area (Å²) in [6.45, 7) is 23.5. The molecule has 0 aromatic rings. The van der Waals surface area contributed by atoms with Crippen molar-refractivity contribution in [3.8, 4) is 0 Å². The van der Waals surface area contributed by atoms with E-state index in [1.807, 2.05) is 0 Å². The van der Waals surface area contributed by atoms with Crippen molar-refractivity contribution in [1.29, 1.82) is 0 Å². The summed E-state index contributed by atoms with van der Waals surface area (Å²) in [7, 11) is 0. The molecule has 0 bridgehead atoms. The molecule has 8 saturated carbocycles. The van der Waals surface area contributed by atoms with Gasteiger partial charge in [-0.25, -0.2) is 0 Å². The zero-order valence-corrected chi connectivity index (χ0v) is 41.0. The average molecular weight is 901 g/mol. The molecule has 14 heteroatoms. The van der Waals surface area contributed by atoms with Gasteiger partial charge < -0.3 is 29.6 Å². The van der Waals surface area contributed by atoms with E-state index in [2.05, 4.69) is 69.2 Å². The second-order valence-corrected chi connectivity index (χ2v) is 26.0. The molecule has 0 spiro atoms. The largest absolute Gasteiger partial charge is 0.356 e. The second-order valence-electron chi connectivity index (χ2n) is 26.0. The van der Waals surface area contributed by atoms with Crippen LogP contribution < -0.4 is 0 Å². The summed E-state index contributed by atoms with van der Waals surface area (Å²) in [5.74, 6) is 5.94. The number of hydroxylamine groups is 4. The lowest BCUT2D eigenvalue weighted by atomic mass is 9.44. The van der Waals surface area contributed by atoms with Crippen molar-refractivity contribution in [2.24, 2.45) is 80.8 Å². The van der Waals surface area contributed by atoms with Gasteiger partial charge in [0.2, 0.25) is 0 Å². The highest BCUT2D eigenvalue weighted by Gasteiger charge is 2.68. The van der Waals surface area contributed by atoms with E-state index in [0.717, 1.165) is 63.2 Å². The van der Waals surface area contributed by atoms with Crippen molar-refractivity contribution in [1.82, 2.24) is 10.1 Å². The SMILES string of the molecule is CC1(C)COC(C)([C@H]2CCC3C4CCC5C[C@@H](O[N+](=O)[O-])CC[C@]5(C)C4CC[C@@]32C)N1O.CC1(C)COC(C)([C@H]2CCC3C4CCC5C[C@H](O[N+](=O)[O-])CC[C@]5(C)C4CC[C@@]32C)N1O. The Morgan fingerprint density at radius 2 is 0.828 bits per heavy atom. The Labute approximate surface area is 382 Å². The number of hydrogen-bond donors (Lipinski definition) is 2. The summed E-state index contributed by atoms with van der Waals surface area (Å²) in [6, 6.07) is 0. The molecule has 14 nitrogen and oxygen atoms in total.